The van der Waals surface area contributed by atoms with E-state index in [1.54, 1.807) is 0 Å². The van der Waals surface area contributed by atoms with Crippen LogP contribution in [0.5, 0.6) is 5.75 Å². The third-order valence-electron chi connectivity index (χ3n) is 3.20. The Labute approximate surface area is 150 Å². The molecule has 0 heterocycles. The van der Waals surface area contributed by atoms with Crippen LogP contribution in [0.3, 0.4) is 0 Å². The number of hydrogen-bond acceptors (Lipinski definition) is 7. The van der Waals surface area contributed by atoms with E-state index in [1.807, 2.05) is 38.4 Å². The summed E-state index contributed by atoms with van der Waals surface area (Å²) in [7, 11) is 4.04. The molecule has 0 saturated heterocycles. The second kappa shape index (κ2) is 14.9. The summed E-state index contributed by atoms with van der Waals surface area (Å²) in [6.07, 6.45) is 0. The van der Waals surface area contributed by atoms with E-state index in [-0.39, 0.29) is 0 Å². The van der Waals surface area contributed by atoms with E-state index >= 15 is 0 Å². The normalized spacial score (nSPS) is 11.2. The molecule has 0 bridgehead atoms. The summed E-state index contributed by atoms with van der Waals surface area (Å²) in [4.78, 5) is 2.08. The maximum absolute atomic E-state index is 5.78. The summed E-state index contributed by atoms with van der Waals surface area (Å²) >= 11 is 0. The van der Waals surface area contributed by atoms with Crippen molar-refractivity contribution in [2.75, 3.05) is 85.8 Å². The lowest BCUT2D eigenvalue weighted by Gasteiger charge is -2.10. The highest BCUT2D eigenvalue weighted by molar-refractivity contribution is 5.51. The Morgan fingerprint density at radius 1 is 0.720 bits per heavy atom. The molecule has 0 spiro atoms. The summed E-state index contributed by atoms with van der Waals surface area (Å²) in [5, 5.41) is 0. The molecule has 1 rings (SSSR count). The Bertz CT molecular complexity index is 432. The van der Waals surface area contributed by atoms with Crippen molar-refractivity contribution in [1.82, 2.24) is 4.90 Å². The fourth-order valence-corrected chi connectivity index (χ4v) is 1.83. The van der Waals surface area contributed by atoms with E-state index in [1.165, 1.54) is 0 Å². The zero-order valence-corrected chi connectivity index (χ0v) is 15.4. The third kappa shape index (κ3) is 12.6. The van der Waals surface area contributed by atoms with Gasteiger partial charge < -0.3 is 34.3 Å². The molecular weight excluding hydrogens is 324 g/mol. The highest BCUT2D eigenvalue weighted by atomic mass is 16.6. The van der Waals surface area contributed by atoms with Crippen LogP contribution >= 0.6 is 0 Å². The Kier molecular flexibility index (Phi) is 12.9. The van der Waals surface area contributed by atoms with Gasteiger partial charge in [-0.05, 0) is 26.2 Å². The number of nitrogens with zero attached hydrogens (tertiary/aromatic N) is 1. The van der Waals surface area contributed by atoms with Gasteiger partial charge >= 0.3 is 0 Å². The van der Waals surface area contributed by atoms with Gasteiger partial charge in [-0.2, -0.15) is 0 Å². The van der Waals surface area contributed by atoms with E-state index in [0.717, 1.165) is 13.2 Å². The average Bonchev–Trinajstić information content (AvgIpc) is 2.59. The Morgan fingerprint density at radius 2 is 1.20 bits per heavy atom. The molecule has 0 aliphatic heterocycles. The number of hydrogen-bond donors (Lipinski definition) is 1. The number of benzene rings is 1. The molecule has 0 unspecified atom stereocenters. The van der Waals surface area contributed by atoms with Gasteiger partial charge in [0.15, 0.2) is 0 Å². The topological polar surface area (TPSA) is 75.4 Å². The fourth-order valence-electron chi connectivity index (χ4n) is 1.83. The molecule has 0 saturated carbocycles. The molecule has 1 aromatic rings. The van der Waals surface area contributed by atoms with E-state index in [4.69, 9.17) is 29.4 Å². The number of likely N-dealkylation sites (N-methyl/N-ethyl adjacent to an activating group) is 1. The smallest absolute Gasteiger partial charge is 0.142 e. The van der Waals surface area contributed by atoms with Crippen molar-refractivity contribution in [2.24, 2.45) is 0 Å². The largest absolute Gasteiger partial charge is 0.489 e. The van der Waals surface area contributed by atoms with Gasteiger partial charge in [-0.15, -0.1) is 0 Å². The first-order valence-electron chi connectivity index (χ1n) is 8.63. The summed E-state index contributed by atoms with van der Waals surface area (Å²) in [5.74, 6) is 0.685. The van der Waals surface area contributed by atoms with E-state index < -0.39 is 0 Å². The minimum atomic E-state index is 0.463. The SMILES string of the molecule is CN(C)CCOCCOCCOCCOCCOc1ccccc1N. The van der Waals surface area contributed by atoms with E-state index in [0.29, 0.717) is 64.3 Å². The van der Waals surface area contributed by atoms with Crippen LogP contribution in [0.15, 0.2) is 24.3 Å². The second-order valence-electron chi connectivity index (χ2n) is 5.64. The number of para-hydroxylation sites is 2. The van der Waals surface area contributed by atoms with Gasteiger partial charge in [-0.1, -0.05) is 12.1 Å². The number of anilines is 1. The van der Waals surface area contributed by atoms with Crippen LogP contribution in [0, 0.1) is 0 Å². The van der Waals surface area contributed by atoms with Crippen LogP contribution in [0.2, 0.25) is 0 Å². The summed E-state index contributed by atoms with van der Waals surface area (Å²) < 4.78 is 27.2. The lowest BCUT2D eigenvalue weighted by Crippen LogP contribution is -2.19. The fraction of sp³-hybridized carbons (Fsp3) is 0.667. The maximum Gasteiger partial charge on any atom is 0.142 e. The van der Waals surface area contributed by atoms with Gasteiger partial charge in [0.05, 0.1) is 58.5 Å². The molecule has 25 heavy (non-hydrogen) atoms. The highest BCUT2D eigenvalue weighted by Crippen LogP contribution is 2.19. The third-order valence-corrected chi connectivity index (χ3v) is 3.20. The predicted octanol–water partition coefficient (Wildman–Crippen LogP) is 1.28. The molecule has 1 aromatic carbocycles. The Morgan fingerprint density at radius 3 is 1.72 bits per heavy atom. The lowest BCUT2D eigenvalue weighted by molar-refractivity contribution is -0.00552. The standard InChI is InChI=1S/C18H32N2O5/c1-20(2)7-8-21-9-10-22-11-12-23-13-14-24-15-16-25-18-6-4-3-5-17(18)19/h3-6H,7-16,19H2,1-2H3. The van der Waals surface area contributed by atoms with Crippen LogP contribution in [-0.2, 0) is 18.9 Å². The Hall–Kier alpha value is -1.38. The van der Waals surface area contributed by atoms with Gasteiger partial charge in [0.25, 0.3) is 0 Å². The average molecular weight is 356 g/mol. The lowest BCUT2D eigenvalue weighted by atomic mass is 10.3. The predicted molar refractivity (Wildman–Crippen MR) is 98.2 cm³/mol. The van der Waals surface area contributed by atoms with Crippen LogP contribution in [0.25, 0.3) is 0 Å². The van der Waals surface area contributed by atoms with Crippen molar-refractivity contribution in [3.05, 3.63) is 24.3 Å². The molecule has 0 radical (unpaired) electrons. The number of rotatable bonds is 16. The van der Waals surface area contributed by atoms with Crippen LogP contribution in [0.1, 0.15) is 0 Å². The maximum atomic E-state index is 5.78. The van der Waals surface area contributed by atoms with Gasteiger partial charge in [-0.3, -0.25) is 0 Å². The van der Waals surface area contributed by atoms with Gasteiger partial charge in [-0.25, -0.2) is 0 Å². The molecule has 2 N–H and O–H groups in total. The second-order valence-corrected chi connectivity index (χ2v) is 5.64. The summed E-state index contributed by atoms with van der Waals surface area (Å²) in [6, 6.07) is 7.41. The zero-order chi connectivity index (χ0) is 18.2. The molecule has 0 amide bonds. The molecule has 0 aliphatic rings. The summed E-state index contributed by atoms with van der Waals surface area (Å²) in [5.41, 5.74) is 6.41. The van der Waals surface area contributed by atoms with Gasteiger partial charge in [0, 0.05) is 6.54 Å². The minimum Gasteiger partial charge on any atom is -0.489 e. The van der Waals surface area contributed by atoms with Crippen LogP contribution < -0.4 is 10.5 Å². The summed E-state index contributed by atoms with van der Waals surface area (Å²) in [6.45, 7) is 6.00. The van der Waals surface area contributed by atoms with Crippen LogP contribution in [0.4, 0.5) is 5.69 Å². The zero-order valence-electron chi connectivity index (χ0n) is 15.4. The number of nitrogens with two attached hydrogens (primary N) is 1. The van der Waals surface area contributed by atoms with E-state index in [9.17, 15) is 0 Å². The first-order chi connectivity index (χ1) is 12.2. The molecule has 7 heteroatoms. The molecule has 144 valence electrons. The van der Waals surface area contributed by atoms with Crippen LogP contribution in [-0.4, -0.2) is 85.0 Å². The monoisotopic (exact) mass is 356 g/mol. The van der Waals surface area contributed by atoms with Crippen molar-refractivity contribution in [2.45, 2.75) is 0 Å². The first kappa shape index (κ1) is 21.7. The van der Waals surface area contributed by atoms with Crippen molar-refractivity contribution < 1.29 is 23.7 Å². The van der Waals surface area contributed by atoms with Gasteiger partial charge in [0.1, 0.15) is 12.4 Å². The van der Waals surface area contributed by atoms with E-state index in [2.05, 4.69) is 4.90 Å². The molecule has 0 aliphatic carbocycles. The van der Waals surface area contributed by atoms with Crippen molar-refractivity contribution in [3.8, 4) is 5.75 Å². The van der Waals surface area contributed by atoms with Gasteiger partial charge in [0.2, 0.25) is 0 Å². The number of ether oxygens (including phenoxy) is 5. The first-order valence-corrected chi connectivity index (χ1v) is 8.63. The van der Waals surface area contributed by atoms with Crippen molar-refractivity contribution in [1.29, 1.82) is 0 Å². The molecule has 0 fully saturated rings. The quantitative estimate of drug-likeness (QED) is 0.353. The molecular formula is C18H32N2O5. The molecule has 0 atom stereocenters. The van der Waals surface area contributed by atoms with Crippen molar-refractivity contribution >= 4 is 5.69 Å². The Balaban J connectivity index is 1.77. The number of nitrogen functional groups attached to an aromatic ring is 1. The minimum absolute atomic E-state index is 0.463. The van der Waals surface area contributed by atoms with Crippen molar-refractivity contribution in [3.63, 3.8) is 0 Å². The highest BCUT2D eigenvalue weighted by Gasteiger charge is 1.98. The molecule has 0 aromatic heterocycles. The molecule has 7 nitrogen and oxygen atoms in total.